The molecule has 0 radical (unpaired) electrons. The number of aromatic hydroxyl groups is 1. The minimum Gasteiger partial charge on any atom is -0.503 e. The van der Waals surface area contributed by atoms with Crippen LogP contribution in [-0.2, 0) is 0 Å². The minimum absolute atomic E-state index is 0.128. The van der Waals surface area contributed by atoms with E-state index in [9.17, 15) is 9.90 Å². The molecule has 0 aliphatic rings. The molecule has 0 saturated heterocycles. The van der Waals surface area contributed by atoms with Gasteiger partial charge in [0.05, 0.1) is 32.1 Å². The fourth-order valence-corrected chi connectivity index (χ4v) is 2.36. The van der Waals surface area contributed by atoms with Gasteiger partial charge in [0.25, 0.3) is 5.91 Å². The second-order valence-electron chi connectivity index (χ2n) is 5.05. The first-order valence-corrected chi connectivity index (χ1v) is 8.08. The van der Waals surface area contributed by atoms with Crippen LogP contribution < -0.4 is 19.6 Å². The van der Waals surface area contributed by atoms with Gasteiger partial charge < -0.3 is 19.3 Å². The first-order chi connectivity index (χ1) is 12.5. The van der Waals surface area contributed by atoms with E-state index in [2.05, 4.69) is 10.5 Å². The van der Waals surface area contributed by atoms with Crippen molar-refractivity contribution in [2.75, 3.05) is 20.8 Å². The van der Waals surface area contributed by atoms with Crippen molar-refractivity contribution in [3.8, 4) is 23.0 Å². The summed E-state index contributed by atoms with van der Waals surface area (Å²) in [7, 11) is 3.00. The van der Waals surface area contributed by atoms with E-state index >= 15 is 0 Å². The molecule has 1 amide bonds. The summed E-state index contributed by atoms with van der Waals surface area (Å²) in [5.74, 6) is 0.648. The molecule has 0 fully saturated rings. The largest absolute Gasteiger partial charge is 0.503 e. The molecular weight excluding hydrogens is 360 g/mol. The zero-order valence-electron chi connectivity index (χ0n) is 14.6. The van der Waals surface area contributed by atoms with E-state index in [1.807, 2.05) is 0 Å². The van der Waals surface area contributed by atoms with Crippen LogP contribution in [0.5, 0.6) is 23.0 Å². The number of hydrazone groups is 1. The van der Waals surface area contributed by atoms with Gasteiger partial charge in [0.2, 0.25) is 0 Å². The molecule has 0 heterocycles. The third-order valence-electron chi connectivity index (χ3n) is 3.38. The van der Waals surface area contributed by atoms with Crippen molar-refractivity contribution in [3.05, 3.63) is 46.5 Å². The number of ether oxygens (including phenoxy) is 3. The highest BCUT2D eigenvalue weighted by molar-refractivity contribution is 6.32. The zero-order chi connectivity index (χ0) is 19.1. The van der Waals surface area contributed by atoms with Gasteiger partial charge in [-0.15, -0.1) is 0 Å². The van der Waals surface area contributed by atoms with E-state index in [1.54, 1.807) is 31.2 Å². The third kappa shape index (κ3) is 4.58. The van der Waals surface area contributed by atoms with Crippen LogP contribution in [0.2, 0.25) is 5.02 Å². The molecule has 0 aromatic heterocycles. The molecule has 0 spiro atoms. The number of hydrogen-bond acceptors (Lipinski definition) is 6. The van der Waals surface area contributed by atoms with E-state index < -0.39 is 5.91 Å². The second kappa shape index (κ2) is 8.96. The van der Waals surface area contributed by atoms with Crippen molar-refractivity contribution in [1.82, 2.24) is 5.43 Å². The number of benzene rings is 2. The molecular formula is C18H19ClN2O5. The summed E-state index contributed by atoms with van der Waals surface area (Å²) in [6.45, 7) is 2.16. The Morgan fingerprint density at radius 3 is 2.58 bits per heavy atom. The summed E-state index contributed by atoms with van der Waals surface area (Å²) in [5.41, 5.74) is 3.33. The van der Waals surface area contributed by atoms with E-state index in [-0.39, 0.29) is 16.5 Å². The van der Waals surface area contributed by atoms with Crippen molar-refractivity contribution < 1.29 is 24.1 Å². The van der Waals surface area contributed by atoms with Gasteiger partial charge in [-0.2, -0.15) is 5.10 Å². The van der Waals surface area contributed by atoms with Crippen LogP contribution in [0.4, 0.5) is 0 Å². The first kappa shape index (κ1) is 19.4. The molecule has 0 aliphatic carbocycles. The second-order valence-corrected chi connectivity index (χ2v) is 5.46. The number of hydrogen-bond donors (Lipinski definition) is 2. The first-order valence-electron chi connectivity index (χ1n) is 7.70. The van der Waals surface area contributed by atoms with Gasteiger partial charge in [0, 0.05) is 5.56 Å². The summed E-state index contributed by atoms with van der Waals surface area (Å²) in [6.07, 6.45) is 1.40. The monoisotopic (exact) mass is 378 g/mol. The van der Waals surface area contributed by atoms with Gasteiger partial charge in [-0.1, -0.05) is 11.6 Å². The topological polar surface area (TPSA) is 89.4 Å². The predicted molar refractivity (Wildman–Crippen MR) is 98.9 cm³/mol. The molecule has 0 saturated carbocycles. The van der Waals surface area contributed by atoms with Gasteiger partial charge in [-0.3, -0.25) is 4.79 Å². The summed E-state index contributed by atoms with van der Waals surface area (Å²) in [4.78, 5) is 12.2. The normalized spacial score (nSPS) is 10.6. The molecule has 2 rings (SSSR count). The zero-order valence-corrected chi connectivity index (χ0v) is 15.3. The number of nitrogens with one attached hydrogen (secondary N) is 1. The van der Waals surface area contributed by atoms with E-state index in [0.29, 0.717) is 29.2 Å². The number of rotatable bonds is 7. The lowest BCUT2D eigenvalue weighted by atomic mass is 10.2. The molecule has 2 aromatic rings. The molecule has 0 unspecified atom stereocenters. The van der Waals surface area contributed by atoms with Crippen molar-refractivity contribution >= 4 is 23.7 Å². The number of amides is 1. The Balaban J connectivity index is 2.12. The fraction of sp³-hybridized carbons (Fsp3) is 0.222. The SMILES string of the molecule is CCOc1cc(/C=N/NC(=O)c2ccc(OC)c(OC)c2)cc(Cl)c1O. The summed E-state index contributed by atoms with van der Waals surface area (Å²) < 4.78 is 15.6. The lowest BCUT2D eigenvalue weighted by Gasteiger charge is -2.09. The molecule has 0 aliphatic heterocycles. The lowest BCUT2D eigenvalue weighted by molar-refractivity contribution is 0.0954. The Bertz CT molecular complexity index is 823. The van der Waals surface area contributed by atoms with Gasteiger partial charge in [0.1, 0.15) is 0 Å². The van der Waals surface area contributed by atoms with E-state index in [0.717, 1.165) is 0 Å². The predicted octanol–water partition coefficient (Wildman–Crippen LogP) is 3.23. The minimum atomic E-state index is -0.419. The number of carbonyl (C=O) groups excluding carboxylic acids is 1. The highest BCUT2D eigenvalue weighted by Gasteiger charge is 2.11. The Morgan fingerprint density at radius 1 is 1.19 bits per heavy atom. The summed E-state index contributed by atoms with van der Waals surface area (Å²) >= 11 is 5.95. The number of phenolic OH excluding ortho intramolecular Hbond substituents is 1. The van der Waals surface area contributed by atoms with Crippen LogP contribution in [0.15, 0.2) is 35.4 Å². The van der Waals surface area contributed by atoms with Crippen LogP contribution in [0, 0.1) is 0 Å². The van der Waals surface area contributed by atoms with Crippen LogP contribution in [-0.4, -0.2) is 38.1 Å². The highest BCUT2D eigenvalue weighted by atomic mass is 35.5. The van der Waals surface area contributed by atoms with Gasteiger partial charge in [0.15, 0.2) is 23.0 Å². The Hall–Kier alpha value is -2.93. The Morgan fingerprint density at radius 2 is 1.92 bits per heavy atom. The van der Waals surface area contributed by atoms with Crippen molar-refractivity contribution in [3.63, 3.8) is 0 Å². The Kier molecular flexibility index (Phi) is 6.68. The average molecular weight is 379 g/mol. The number of methoxy groups -OCH3 is 2. The van der Waals surface area contributed by atoms with Crippen molar-refractivity contribution in [2.24, 2.45) is 5.10 Å². The molecule has 0 bridgehead atoms. The molecule has 2 aromatic carbocycles. The van der Waals surface area contributed by atoms with Crippen LogP contribution >= 0.6 is 11.6 Å². The molecule has 26 heavy (non-hydrogen) atoms. The average Bonchev–Trinajstić information content (AvgIpc) is 2.65. The molecule has 8 heteroatoms. The van der Waals surface area contributed by atoms with Gasteiger partial charge >= 0.3 is 0 Å². The maximum Gasteiger partial charge on any atom is 0.271 e. The van der Waals surface area contributed by atoms with E-state index in [1.165, 1.54) is 26.5 Å². The quantitative estimate of drug-likeness (QED) is 0.570. The maximum atomic E-state index is 12.2. The molecule has 0 atom stereocenters. The van der Waals surface area contributed by atoms with Crippen molar-refractivity contribution in [2.45, 2.75) is 6.92 Å². The number of phenols is 1. The summed E-state index contributed by atoms with van der Waals surface area (Å²) in [5, 5.41) is 13.8. The van der Waals surface area contributed by atoms with Gasteiger partial charge in [-0.25, -0.2) is 5.43 Å². The molecule has 138 valence electrons. The lowest BCUT2D eigenvalue weighted by Crippen LogP contribution is -2.17. The number of halogens is 1. The molecule has 7 nitrogen and oxygen atoms in total. The number of carbonyl (C=O) groups is 1. The van der Waals surface area contributed by atoms with Crippen LogP contribution in [0.25, 0.3) is 0 Å². The third-order valence-corrected chi connectivity index (χ3v) is 3.66. The molecule has 2 N–H and O–H groups in total. The van der Waals surface area contributed by atoms with Crippen LogP contribution in [0.3, 0.4) is 0 Å². The Labute approximate surface area is 156 Å². The fourth-order valence-electron chi connectivity index (χ4n) is 2.14. The summed E-state index contributed by atoms with van der Waals surface area (Å²) in [6, 6.07) is 7.85. The van der Waals surface area contributed by atoms with Crippen LogP contribution in [0.1, 0.15) is 22.8 Å². The van der Waals surface area contributed by atoms with E-state index in [4.69, 9.17) is 25.8 Å². The standard InChI is InChI=1S/C18H19ClN2O5/c1-4-26-16-8-11(7-13(19)17(16)22)10-20-21-18(23)12-5-6-14(24-2)15(9-12)25-3/h5-10,22H,4H2,1-3H3,(H,21,23)/b20-10+. The van der Waals surface area contributed by atoms with Crippen molar-refractivity contribution in [1.29, 1.82) is 0 Å². The number of nitrogens with zero attached hydrogens (tertiary/aromatic N) is 1. The van der Waals surface area contributed by atoms with Gasteiger partial charge in [-0.05, 0) is 42.8 Å². The highest BCUT2D eigenvalue weighted by Crippen LogP contribution is 2.34. The maximum absolute atomic E-state index is 12.2. The smallest absolute Gasteiger partial charge is 0.271 e.